The molecular formula is C36H66N2O7. The molecule has 0 aliphatic heterocycles. The fourth-order valence-electron chi connectivity index (χ4n) is 5.19. The van der Waals surface area contributed by atoms with Gasteiger partial charge in [-0.15, -0.1) is 0 Å². The Morgan fingerprint density at radius 1 is 0.644 bits per heavy atom. The summed E-state index contributed by atoms with van der Waals surface area (Å²) in [5.41, 5.74) is 0. The quantitative estimate of drug-likeness (QED) is 0.0339. The maximum Gasteiger partial charge on any atom is 0.328 e. The van der Waals surface area contributed by atoms with Crippen molar-refractivity contribution in [1.82, 2.24) is 10.6 Å². The lowest BCUT2D eigenvalue weighted by Gasteiger charge is -2.18. The number of amides is 2. The summed E-state index contributed by atoms with van der Waals surface area (Å²) in [5, 5.41) is 22.4. The van der Waals surface area contributed by atoms with Gasteiger partial charge in [0, 0.05) is 12.8 Å². The van der Waals surface area contributed by atoms with Crippen molar-refractivity contribution < 1.29 is 34.1 Å². The molecular weight excluding hydrogens is 572 g/mol. The molecule has 2 unspecified atom stereocenters. The van der Waals surface area contributed by atoms with Gasteiger partial charge in [0.25, 0.3) is 0 Å². The monoisotopic (exact) mass is 638 g/mol. The van der Waals surface area contributed by atoms with Crippen LogP contribution < -0.4 is 10.6 Å². The van der Waals surface area contributed by atoms with E-state index >= 15 is 0 Å². The number of aliphatic hydroxyl groups is 1. The molecule has 0 fully saturated rings. The minimum absolute atomic E-state index is 0.00784. The van der Waals surface area contributed by atoms with Crippen LogP contribution in [0.1, 0.15) is 168 Å². The van der Waals surface area contributed by atoms with Gasteiger partial charge in [0.05, 0.1) is 13.2 Å². The van der Waals surface area contributed by atoms with Crippen molar-refractivity contribution in [2.75, 3.05) is 13.2 Å². The van der Waals surface area contributed by atoms with Crippen molar-refractivity contribution in [2.45, 2.75) is 180 Å². The smallest absolute Gasteiger partial charge is 0.328 e. The van der Waals surface area contributed by atoms with Crippen molar-refractivity contribution in [1.29, 1.82) is 0 Å². The summed E-state index contributed by atoms with van der Waals surface area (Å²) < 4.78 is 5.95. The molecule has 0 rings (SSSR count). The normalized spacial score (nSPS) is 12.6. The highest BCUT2D eigenvalue weighted by atomic mass is 16.5. The molecule has 0 bridgehead atoms. The number of carboxylic acids is 1. The number of aliphatic carboxylic acids is 1. The third-order valence-corrected chi connectivity index (χ3v) is 7.99. The van der Waals surface area contributed by atoms with E-state index in [4.69, 9.17) is 14.9 Å². The summed E-state index contributed by atoms with van der Waals surface area (Å²) in [4.78, 5) is 47.2. The van der Waals surface area contributed by atoms with Crippen LogP contribution in [-0.2, 0) is 23.9 Å². The number of rotatable bonds is 32. The fourth-order valence-corrected chi connectivity index (χ4v) is 5.19. The molecule has 0 aromatic carbocycles. The molecule has 45 heavy (non-hydrogen) atoms. The number of carboxylic acid groups (broad SMARTS) is 1. The van der Waals surface area contributed by atoms with Crippen LogP contribution in [0.5, 0.6) is 0 Å². The highest BCUT2D eigenvalue weighted by molar-refractivity contribution is 5.87. The Bertz CT molecular complexity index is 787. The highest BCUT2D eigenvalue weighted by Crippen LogP contribution is 2.18. The van der Waals surface area contributed by atoms with E-state index in [0.29, 0.717) is 19.3 Å². The largest absolute Gasteiger partial charge is 0.480 e. The highest BCUT2D eigenvalue weighted by Gasteiger charge is 2.19. The lowest BCUT2D eigenvalue weighted by molar-refractivity contribution is -0.150. The Labute approximate surface area is 273 Å². The van der Waals surface area contributed by atoms with Gasteiger partial charge in [0.2, 0.25) is 11.8 Å². The zero-order valence-electron chi connectivity index (χ0n) is 28.6. The van der Waals surface area contributed by atoms with Gasteiger partial charge in [-0.2, -0.15) is 0 Å². The second-order valence-electron chi connectivity index (χ2n) is 12.3. The number of ether oxygens (including phenoxy) is 1. The van der Waals surface area contributed by atoms with Crippen molar-refractivity contribution in [2.24, 2.45) is 0 Å². The second-order valence-corrected chi connectivity index (χ2v) is 12.3. The molecule has 2 amide bonds. The van der Waals surface area contributed by atoms with Crippen LogP contribution in [-0.4, -0.2) is 59.3 Å². The van der Waals surface area contributed by atoms with Crippen LogP contribution in [0.4, 0.5) is 0 Å². The number of hydrogen-bond donors (Lipinski definition) is 4. The van der Waals surface area contributed by atoms with E-state index in [1.807, 2.05) is 0 Å². The van der Waals surface area contributed by atoms with E-state index < -0.39 is 24.5 Å². The first kappa shape index (κ1) is 42.6. The van der Waals surface area contributed by atoms with Gasteiger partial charge in [-0.25, -0.2) is 4.79 Å². The molecule has 0 aromatic rings. The fraction of sp³-hybridized carbons (Fsp3) is 0.833. The number of hydrogen-bond acceptors (Lipinski definition) is 6. The third kappa shape index (κ3) is 28.8. The van der Waals surface area contributed by atoms with Crippen molar-refractivity contribution in [3.05, 3.63) is 12.2 Å². The summed E-state index contributed by atoms with van der Waals surface area (Å²) in [7, 11) is 0. The van der Waals surface area contributed by atoms with E-state index in [1.54, 1.807) is 0 Å². The molecule has 262 valence electrons. The van der Waals surface area contributed by atoms with Gasteiger partial charge in [-0.3, -0.25) is 14.4 Å². The maximum atomic E-state index is 12.6. The number of allylic oxidation sites excluding steroid dienone is 2. The molecule has 0 radical (unpaired) electrons. The molecule has 0 aliphatic carbocycles. The van der Waals surface area contributed by atoms with Gasteiger partial charge in [0.1, 0.15) is 12.1 Å². The molecule has 0 saturated heterocycles. The molecule has 4 N–H and O–H groups in total. The number of esters is 1. The second kappa shape index (κ2) is 31.6. The van der Waals surface area contributed by atoms with Gasteiger partial charge >= 0.3 is 11.9 Å². The number of nitrogens with one attached hydrogen (secondary N) is 2. The van der Waals surface area contributed by atoms with Crippen LogP contribution >= 0.6 is 0 Å². The Balaban J connectivity index is 4.21. The number of aliphatic hydroxyl groups excluding tert-OH is 1. The predicted molar refractivity (Wildman–Crippen MR) is 181 cm³/mol. The summed E-state index contributed by atoms with van der Waals surface area (Å²) in [6.07, 6.45) is 29.6. The summed E-state index contributed by atoms with van der Waals surface area (Å²) in [6.45, 7) is 3.39. The topological polar surface area (TPSA) is 142 Å². The van der Waals surface area contributed by atoms with E-state index in [-0.39, 0.29) is 24.5 Å². The first-order valence-corrected chi connectivity index (χ1v) is 18.1. The average Bonchev–Trinajstić information content (AvgIpc) is 3.02. The van der Waals surface area contributed by atoms with Crippen LogP contribution in [0, 0.1) is 0 Å². The van der Waals surface area contributed by atoms with Gasteiger partial charge in [0.15, 0.2) is 0 Å². The minimum Gasteiger partial charge on any atom is -0.480 e. The number of unbranched alkanes of at least 4 members (excludes halogenated alkanes) is 16. The molecule has 0 heterocycles. The summed E-state index contributed by atoms with van der Waals surface area (Å²) >= 11 is 0. The molecule has 0 spiro atoms. The Hall–Kier alpha value is -2.42. The zero-order valence-corrected chi connectivity index (χ0v) is 28.6. The van der Waals surface area contributed by atoms with Crippen LogP contribution in [0.25, 0.3) is 0 Å². The summed E-state index contributed by atoms with van der Waals surface area (Å²) in [5.74, 6) is -2.30. The van der Waals surface area contributed by atoms with Gasteiger partial charge < -0.3 is 25.6 Å². The van der Waals surface area contributed by atoms with Crippen LogP contribution in [0.2, 0.25) is 0 Å². The predicted octanol–water partition coefficient (Wildman–Crippen LogP) is 7.53. The van der Waals surface area contributed by atoms with Crippen molar-refractivity contribution >= 4 is 23.8 Å². The SMILES string of the molecule is CCC/C=C\CCCCCCCC(=O)OC(CCCCCCCCC)CCCCCCCC(=O)NCC(=O)NC(CO)C(=O)O. The minimum atomic E-state index is -1.38. The average molecular weight is 639 g/mol. The first-order valence-electron chi connectivity index (χ1n) is 18.1. The van der Waals surface area contributed by atoms with E-state index in [9.17, 15) is 19.2 Å². The van der Waals surface area contributed by atoms with Crippen molar-refractivity contribution in [3.63, 3.8) is 0 Å². The summed E-state index contributed by atoms with van der Waals surface area (Å²) in [6, 6.07) is -1.38. The Morgan fingerprint density at radius 3 is 1.76 bits per heavy atom. The number of carbonyl (C=O) groups excluding carboxylic acids is 3. The lowest BCUT2D eigenvalue weighted by atomic mass is 10.0. The Kier molecular flexibility index (Phi) is 29.9. The lowest BCUT2D eigenvalue weighted by Crippen LogP contribution is -2.47. The Morgan fingerprint density at radius 2 is 1.18 bits per heavy atom. The van der Waals surface area contributed by atoms with Crippen LogP contribution in [0.15, 0.2) is 12.2 Å². The standard InChI is InChI=1S/C36H66N2O7/c1-3-5-7-9-11-12-13-15-20-24-28-35(42)45-31(25-21-17-14-10-8-6-4-2)26-22-18-16-19-23-27-33(40)37-29-34(41)38-32(30-39)36(43)44/h7,9,31-32,39H,3-6,8,10-30H2,1-2H3,(H,37,40)(H,38,41)(H,43,44)/b9-7-. The van der Waals surface area contributed by atoms with E-state index in [1.165, 1.54) is 70.6 Å². The van der Waals surface area contributed by atoms with Gasteiger partial charge in [-0.05, 0) is 57.8 Å². The molecule has 2 atom stereocenters. The molecule has 9 heteroatoms. The van der Waals surface area contributed by atoms with Crippen LogP contribution in [0.3, 0.4) is 0 Å². The first-order chi connectivity index (χ1) is 21.8. The van der Waals surface area contributed by atoms with E-state index in [2.05, 4.69) is 36.6 Å². The maximum absolute atomic E-state index is 12.6. The van der Waals surface area contributed by atoms with E-state index in [0.717, 1.165) is 64.2 Å². The zero-order chi connectivity index (χ0) is 33.4. The molecule has 0 saturated carbocycles. The molecule has 0 aromatic heterocycles. The van der Waals surface area contributed by atoms with Crippen molar-refractivity contribution in [3.8, 4) is 0 Å². The third-order valence-electron chi connectivity index (χ3n) is 7.99. The molecule has 0 aliphatic rings. The number of carbonyl (C=O) groups is 4. The van der Waals surface area contributed by atoms with Gasteiger partial charge in [-0.1, -0.05) is 109 Å². The molecule has 9 nitrogen and oxygen atoms in total.